The van der Waals surface area contributed by atoms with E-state index >= 15 is 0 Å². The van der Waals surface area contributed by atoms with E-state index in [0.29, 0.717) is 5.82 Å². The lowest BCUT2D eigenvalue weighted by atomic mass is 10.3. The van der Waals surface area contributed by atoms with E-state index in [-0.39, 0.29) is 22.8 Å². The summed E-state index contributed by atoms with van der Waals surface area (Å²) in [5.74, 6) is -0.00181. The van der Waals surface area contributed by atoms with Gasteiger partial charge in [0.2, 0.25) is 0 Å². The molecule has 0 unspecified atom stereocenters. The van der Waals surface area contributed by atoms with Crippen LogP contribution < -0.4 is 5.73 Å². The standard InChI is InChI=1S/C12H14FN3O2S/c1-16-6-5-15-12(16)4-7-19(17,18)11-3-2-9(13)8-10(11)14/h2-3,5-6,8H,4,7,14H2,1H3. The quantitative estimate of drug-likeness (QED) is 0.674. The first-order valence-electron chi connectivity index (χ1n) is 5.64. The summed E-state index contributed by atoms with van der Waals surface area (Å²) in [6.45, 7) is 0. The summed E-state index contributed by atoms with van der Waals surface area (Å²) < 4.78 is 38.9. The lowest BCUT2D eigenvalue weighted by Crippen LogP contribution is -2.13. The summed E-state index contributed by atoms with van der Waals surface area (Å²) in [6, 6.07) is 3.29. The number of aromatic nitrogens is 2. The number of benzene rings is 1. The first kappa shape index (κ1) is 13.5. The minimum Gasteiger partial charge on any atom is -0.398 e. The monoisotopic (exact) mass is 283 g/mol. The molecule has 0 fully saturated rings. The van der Waals surface area contributed by atoms with E-state index in [0.717, 1.165) is 12.1 Å². The van der Waals surface area contributed by atoms with E-state index in [1.54, 1.807) is 24.0 Å². The smallest absolute Gasteiger partial charge is 0.180 e. The predicted molar refractivity (Wildman–Crippen MR) is 69.8 cm³/mol. The highest BCUT2D eigenvalue weighted by molar-refractivity contribution is 7.91. The molecule has 5 nitrogen and oxygen atoms in total. The van der Waals surface area contributed by atoms with Gasteiger partial charge in [0.05, 0.1) is 16.3 Å². The van der Waals surface area contributed by atoms with Crippen LogP contribution in [-0.4, -0.2) is 23.7 Å². The largest absolute Gasteiger partial charge is 0.398 e. The number of hydrogen-bond acceptors (Lipinski definition) is 4. The van der Waals surface area contributed by atoms with Crippen molar-refractivity contribution in [3.05, 3.63) is 42.2 Å². The van der Waals surface area contributed by atoms with E-state index in [1.807, 2.05) is 0 Å². The Balaban J connectivity index is 2.21. The summed E-state index contributed by atoms with van der Waals surface area (Å²) in [4.78, 5) is 4.02. The SMILES string of the molecule is Cn1ccnc1CCS(=O)(=O)c1ccc(F)cc1N. The third kappa shape index (κ3) is 2.93. The van der Waals surface area contributed by atoms with Gasteiger partial charge in [-0.2, -0.15) is 0 Å². The van der Waals surface area contributed by atoms with E-state index < -0.39 is 15.7 Å². The molecular formula is C12H14FN3O2S. The Kier molecular flexibility index (Phi) is 3.57. The molecule has 2 aromatic rings. The van der Waals surface area contributed by atoms with E-state index in [4.69, 9.17) is 5.73 Å². The Labute approximate surface area is 110 Å². The molecule has 0 atom stereocenters. The van der Waals surface area contributed by atoms with Gasteiger partial charge in [-0.25, -0.2) is 17.8 Å². The van der Waals surface area contributed by atoms with Crippen LogP contribution in [0.25, 0.3) is 0 Å². The number of nitrogens with two attached hydrogens (primary N) is 1. The lowest BCUT2D eigenvalue weighted by molar-refractivity contribution is 0.593. The first-order valence-corrected chi connectivity index (χ1v) is 7.29. The molecule has 1 heterocycles. The minimum atomic E-state index is -3.55. The fourth-order valence-corrected chi connectivity index (χ4v) is 3.14. The molecule has 0 aliphatic heterocycles. The number of nitrogen functional groups attached to an aromatic ring is 1. The Hall–Kier alpha value is -1.89. The molecular weight excluding hydrogens is 269 g/mol. The highest BCUT2D eigenvalue weighted by Gasteiger charge is 2.18. The summed E-state index contributed by atoms with van der Waals surface area (Å²) >= 11 is 0. The second kappa shape index (κ2) is 5.00. The number of aryl methyl sites for hydroxylation is 2. The van der Waals surface area contributed by atoms with E-state index in [1.165, 1.54) is 6.07 Å². The van der Waals surface area contributed by atoms with Crippen molar-refractivity contribution in [1.29, 1.82) is 0 Å². The van der Waals surface area contributed by atoms with Crippen LogP contribution >= 0.6 is 0 Å². The Morgan fingerprint density at radius 1 is 1.42 bits per heavy atom. The second-order valence-electron chi connectivity index (χ2n) is 4.21. The molecule has 0 amide bonds. The highest BCUT2D eigenvalue weighted by atomic mass is 32.2. The number of hydrogen-bond donors (Lipinski definition) is 1. The zero-order chi connectivity index (χ0) is 14.0. The molecule has 1 aromatic carbocycles. The average Bonchev–Trinajstić information content (AvgIpc) is 2.72. The van der Waals surface area contributed by atoms with Crippen molar-refractivity contribution in [2.45, 2.75) is 11.3 Å². The Bertz CT molecular complexity index is 695. The number of anilines is 1. The number of halogens is 1. The van der Waals surface area contributed by atoms with Gasteiger partial charge in [0.1, 0.15) is 11.6 Å². The van der Waals surface area contributed by atoms with Crippen LogP contribution in [0.1, 0.15) is 5.82 Å². The van der Waals surface area contributed by atoms with E-state index in [2.05, 4.69) is 4.98 Å². The zero-order valence-corrected chi connectivity index (χ0v) is 11.2. The maximum atomic E-state index is 12.9. The maximum absolute atomic E-state index is 12.9. The summed E-state index contributed by atoms with van der Waals surface area (Å²) in [5.41, 5.74) is 5.48. The third-order valence-corrected chi connectivity index (χ3v) is 4.61. The number of imidazole rings is 1. The third-order valence-electron chi connectivity index (χ3n) is 2.82. The van der Waals surface area contributed by atoms with Crippen LogP contribution in [0.3, 0.4) is 0 Å². The average molecular weight is 283 g/mol. The Morgan fingerprint density at radius 3 is 2.74 bits per heavy atom. The molecule has 0 saturated heterocycles. The van der Waals surface area contributed by atoms with Crippen molar-refractivity contribution in [2.24, 2.45) is 7.05 Å². The Morgan fingerprint density at radius 2 is 2.16 bits per heavy atom. The van der Waals surface area contributed by atoms with Gasteiger partial charge in [-0.1, -0.05) is 0 Å². The van der Waals surface area contributed by atoms with E-state index in [9.17, 15) is 12.8 Å². The minimum absolute atomic E-state index is 0.0388. The lowest BCUT2D eigenvalue weighted by Gasteiger charge is -2.07. The van der Waals surface area contributed by atoms with Crippen LogP contribution in [0, 0.1) is 5.82 Å². The van der Waals surface area contributed by atoms with Crippen LogP contribution in [0.5, 0.6) is 0 Å². The maximum Gasteiger partial charge on any atom is 0.180 e. The summed E-state index contributed by atoms with van der Waals surface area (Å²) in [7, 11) is -1.75. The zero-order valence-electron chi connectivity index (χ0n) is 10.4. The summed E-state index contributed by atoms with van der Waals surface area (Å²) in [6.07, 6.45) is 3.63. The fourth-order valence-electron chi connectivity index (χ4n) is 1.78. The van der Waals surface area contributed by atoms with Gasteiger partial charge in [0.15, 0.2) is 9.84 Å². The molecule has 1 aromatic heterocycles. The van der Waals surface area contributed by atoms with Crippen molar-refractivity contribution in [2.75, 3.05) is 11.5 Å². The molecule has 0 aliphatic rings. The van der Waals surface area contributed by atoms with Gasteiger partial charge in [0, 0.05) is 25.9 Å². The molecule has 7 heteroatoms. The van der Waals surface area contributed by atoms with Crippen molar-refractivity contribution >= 4 is 15.5 Å². The predicted octanol–water partition coefficient (Wildman–Crippen LogP) is 1.16. The molecule has 0 aliphatic carbocycles. The molecule has 2 rings (SSSR count). The molecule has 0 bridgehead atoms. The molecule has 2 N–H and O–H groups in total. The molecule has 102 valence electrons. The van der Waals surface area contributed by atoms with Crippen LogP contribution in [0.4, 0.5) is 10.1 Å². The number of sulfone groups is 1. The van der Waals surface area contributed by atoms with Gasteiger partial charge in [-0.15, -0.1) is 0 Å². The van der Waals surface area contributed by atoms with Gasteiger partial charge in [0.25, 0.3) is 0 Å². The van der Waals surface area contributed by atoms with Crippen molar-refractivity contribution < 1.29 is 12.8 Å². The van der Waals surface area contributed by atoms with Crippen molar-refractivity contribution in [1.82, 2.24) is 9.55 Å². The molecule has 0 radical (unpaired) electrons. The van der Waals surface area contributed by atoms with Crippen molar-refractivity contribution in [3.63, 3.8) is 0 Å². The second-order valence-corrected chi connectivity index (χ2v) is 6.28. The van der Waals surface area contributed by atoms with Gasteiger partial charge in [-0.3, -0.25) is 0 Å². The number of nitrogens with zero attached hydrogens (tertiary/aromatic N) is 2. The van der Waals surface area contributed by atoms with Crippen LogP contribution in [-0.2, 0) is 23.3 Å². The molecule has 0 saturated carbocycles. The number of rotatable bonds is 4. The van der Waals surface area contributed by atoms with Gasteiger partial charge >= 0.3 is 0 Å². The summed E-state index contributed by atoms with van der Waals surface area (Å²) in [5, 5.41) is 0. The molecule has 0 spiro atoms. The normalized spacial score (nSPS) is 11.7. The topological polar surface area (TPSA) is 78.0 Å². The van der Waals surface area contributed by atoms with Gasteiger partial charge in [-0.05, 0) is 18.2 Å². The van der Waals surface area contributed by atoms with Gasteiger partial charge < -0.3 is 10.3 Å². The van der Waals surface area contributed by atoms with Crippen LogP contribution in [0.2, 0.25) is 0 Å². The fraction of sp³-hybridized carbons (Fsp3) is 0.250. The first-order chi connectivity index (χ1) is 8.90. The molecule has 19 heavy (non-hydrogen) atoms. The highest BCUT2D eigenvalue weighted by Crippen LogP contribution is 2.21. The van der Waals surface area contributed by atoms with Crippen molar-refractivity contribution in [3.8, 4) is 0 Å². The van der Waals surface area contributed by atoms with Crippen LogP contribution in [0.15, 0.2) is 35.5 Å².